The molecule has 2 aromatic heterocycles. The second kappa shape index (κ2) is 10.8. The van der Waals surface area contributed by atoms with E-state index in [1.807, 2.05) is 47.7 Å². The molecule has 0 atom stereocenters. The summed E-state index contributed by atoms with van der Waals surface area (Å²) in [7, 11) is 0. The van der Waals surface area contributed by atoms with Crippen LogP contribution < -0.4 is 0 Å². The molecule has 0 saturated carbocycles. The Bertz CT molecular complexity index is 2180. The fourth-order valence-corrected chi connectivity index (χ4v) is 7.01. The van der Waals surface area contributed by atoms with E-state index in [1.54, 1.807) is 0 Å². The molecule has 0 N–H and O–H groups in total. The quantitative estimate of drug-likeness (QED) is 0.207. The predicted octanol–water partition coefficient (Wildman–Crippen LogP) is 11.2. The Morgan fingerprint density at radius 3 is 1.67 bits per heavy atom. The van der Waals surface area contributed by atoms with Gasteiger partial charge in [0.15, 0.2) is 5.82 Å². The molecule has 0 unspecified atom stereocenters. The van der Waals surface area contributed by atoms with Crippen molar-refractivity contribution in [2.75, 3.05) is 0 Å². The molecule has 0 bridgehead atoms. The lowest BCUT2D eigenvalue weighted by Gasteiger charge is -2.11. The van der Waals surface area contributed by atoms with Crippen molar-refractivity contribution < 1.29 is 0 Å². The van der Waals surface area contributed by atoms with Gasteiger partial charge >= 0.3 is 0 Å². The molecular formula is C40H26N2S. The molecule has 0 fully saturated rings. The van der Waals surface area contributed by atoms with E-state index in [2.05, 4.69) is 121 Å². The van der Waals surface area contributed by atoms with Crippen LogP contribution in [0, 0.1) is 0 Å². The number of nitrogens with zero attached hydrogens (tertiary/aromatic N) is 2. The lowest BCUT2D eigenvalue weighted by molar-refractivity contribution is 1.18. The van der Waals surface area contributed by atoms with Gasteiger partial charge in [0, 0.05) is 36.9 Å². The molecule has 0 radical (unpaired) electrons. The van der Waals surface area contributed by atoms with Gasteiger partial charge in [-0.05, 0) is 46.5 Å². The van der Waals surface area contributed by atoms with Crippen LogP contribution in [-0.4, -0.2) is 9.97 Å². The molecule has 0 amide bonds. The highest BCUT2D eigenvalue weighted by atomic mass is 32.1. The summed E-state index contributed by atoms with van der Waals surface area (Å²) in [6, 6.07) is 55.5. The lowest BCUT2D eigenvalue weighted by Crippen LogP contribution is -1.96. The van der Waals surface area contributed by atoms with Crippen molar-refractivity contribution in [1.29, 1.82) is 0 Å². The van der Waals surface area contributed by atoms with Gasteiger partial charge in [-0.25, -0.2) is 9.97 Å². The summed E-state index contributed by atoms with van der Waals surface area (Å²) in [5, 5.41) is 2.64. The summed E-state index contributed by atoms with van der Waals surface area (Å²) in [5.74, 6) is 0.723. The number of hydrogen-bond acceptors (Lipinski definition) is 3. The second-order valence-electron chi connectivity index (χ2n) is 10.6. The van der Waals surface area contributed by atoms with Crippen LogP contribution in [0.5, 0.6) is 0 Å². The van der Waals surface area contributed by atoms with E-state index in [0.29, 0.717) is 0 Å². The maximum atomic E-state index is 5.04. The van der Waals surface area contributed by atoms with Gasteiger partial charge in [-0.3, -0.25) is 0 Å². The number of fused-ring (bicyclic) bond motifs is 3. The Hall–Kier alpha value is -5.38. The highest BCUT2D eigenvalue weighted by Crippen LogP contribution is 2.40. The van der Waals surface area contributed by atoms with Crippen LogP contribution in [0.1, 0.15) is 0 Å². The Kier molecular flexibility index (Phi) is 6.36. The molecule has 2 heterocycles. The summed E-state index contributed by atoms with van der Waals surface area (Å²) in [5.41, 5.74) is 9.78. The van der Waals surface area contributed by atoms with Crippen LogP contribution in [0.15, 0.2) is 158 Å². The molecule has 43 heavy (non-hydrogen) atoms. The van der Waals surface area contributed by atoms with Crippen molar-refractivity contribution in [2.45, 2.75) is 0 Å². The van der Waals surface area contributed by atoms with Crippen molar-refractivity contribution in [3.63, 3.8) is 0 Å². The van der Waals surface area contributed by atoms with Gasteiger partial charge in [-0.1, -0.05) is 133 Å². The maximum absolute atomic E-state index is 5.04. The van der Waals surface area contributed by atoms with Crippen molar-refractivity contribution in [2.24, 2.45) is 0 Å². The van der Waals surface area contributed by atoms with E-state index in [1.165, 1.54) is 36.9 Å². The van der Waals surface area contributed by atoms with Crippen LogP contribution in [0.25, 0.3) is 76.3 Å². The Balaban J connectivity index is 1.22. The first kappa shape index (κ1) is 25.3. The number of thiophene rings is 1. The number of hydrogen-bond donors (Lipinski definition) is 0. The molecule has 0 saturated heterocycles. The first-order valence-corrected chi connectivity index (χ1v) is 15.2. The van der Waals surface area contributed by atoms with Crippen molar-refractivity contribution in [1.82, 2.24) is 9.97 Å². The third-order valence-electron chi connectivity index (χ3n) is 7.90. The van der Waals surface area contributed by atoms with E-state index < -0.39 is 0 Å². The zero-order valence-electron chi connectivity index (χ0n) is 23.3. The van der Waals surface area contributed by atoms with E-state index >= 15 is 0 Å². The average molecular weight is 567 g/mol. The van der Waals surface area contributed by atoms with Gasteiger partial charge in [-0.2, -0.15) is 0 Å². The van der Waals surface area contributed by atoms with Crippen LogP contribution in [-0.2, 0) is 0 Å². The van der Waals surface area contributed by atoms with Gasteiger partial charge in [0.1, 0.15) is 0 Å². The summed E-state index contributed by atoms with van der Waals surface area (Å²) >= 11 is 1.87. The van der Waals surface area contributed by atoms with Gasteiger partial charge in [0.25, 0.3) is 0 Å². The van der Waals surface area contributed by atoms with Gasteiger partial charge in [-0.15, -0.1) is 11.3 Å². The average Bonchev–Trinajstić information content (AvgIpc) is 3.48. The maximum Gasteiger partial charge on any atom is 0.160 e. The molecule has 8 aromatic rings. The molecule has 202 valence electrons. The summed E-state index contributed by atoms with van der Waals surface area (Å²) in [6.45, 7) is 0. The van der Waals surface area contributed by atoms with Crippen LogP contribution in [0.4, 0.5) is 0 Å². The fourth-order valence-electron chi connectivity index (χ4n) is 5.77. The molecule has 2 nitrogen and oxygen atoms in total. The number of benzene rings is 6. The predicted molar refractivity (Wildman–Crippen MR) is 182 cm³/mol. The zero-order valence-corrected chi connectivity index (χ0v) is 24.1. The smallest absolute Gasteiger partial charge is 0.160 e. The molecule has 0 spiro atoms. The van der Waals surface area contributed by atoms with Gasteiger partial charge in [0.05, 0.1) is 11.4 Å². The minimum Gasteiger partial charge on any atom is -0.228 e. The molecular weight excluding hydrogens is 541 g/mol. The van der Waals surface area contributed by atoms with E-state index in [-0.39, 0.29) is 0 Å². The highest BCUT2D eigenvalue weighted by molar-refractivity contribution is 7.26. The third-order valence-corrected chi connectivity index (χ3v) is 9.12. The van der Waals surface area contributed by atoms with Crippen molar-refractivity contribution in [3.8, 4) is 56.2 Å². The number of aromatic nitrogens is 2. The van der Waals surface area contributed by atoms with Crippen molar-refractivity contribution >= 4 is 31.5 Å². The van der Waals surface area contributed by atoms with E-state index in [9.17, 15) is 0 Å². The fraction of sp³-hybridized carbons (Fsp3) is 0. The molecule has 0 aliphatic carbocycles. The van der Waals surface area contributed by atoms with Crippen LogP contribution >= 0.6 is 11.3 Å². The first-order chi connectivity index (χ1) is 21.3. The summed E-state index contributed by atoms with van der Waals surface area (Å²) in [6.07, 6.45) is 0. The standard InChI is InChI=1S/C40H26N2S/c1-3-12-27(13-4-1)36-26-37(42-40(41-36)28-14-5-2-6-15-28)32-19-10-17-30(25-32)29-16-9-18-31(24-29)33-21-11-22-35-34-20-7-8-23-38(34)43-39(33)35/h1-26H. The van der Waals surface area contributed by atoms with Crippen molar-refractivity contribution in [3.05, 3.63) is 158 Å². The first-order valence-electron chi connectivity index (χ1n) is 14.4. The Morgan fingerprint density at radius 1 is 0.372 bits per heavy atom. The molecule has 3 heteroatoms. The van der Waals surface area contributed by atoms with Gasteiger partial charge < -0.3 is 0 Å². The summed E-state index contributed by atoms with van der Waals surface area (Å²) in [4.78, 5) is 10.0. The zero-order chi connectivity index (χ0) is 28.6. The van der Waals surface area contributed by atoms with E-state index in [0.717, 1.165) is 39.5 Å². The normalized spacial score (nSPS) is 11.3. The largest absolute Gasteiger partial charge is 0.228 e. The highest BCUT2D eigenvalue weighted by Gasteiger charge is 2.13. The molecule has 8 rings (SSSR count). The monoisotopic (exact) mass is 566 g/mol. The minimum atomic E-state index is 0.723. The molecule has 0 aliphatic rings. The van der Waals surface area contributed by atoms with Crippen LogP contribution in [0.3, 0.4) is 0 Å². The second-order valence-corrected chi connectivity index (χ2v) is 11.7. The summed E-state index contributed by atoms with van der Waals surface area (Å²) < 4.78 is 2.65. The van der Waals surface area contributed by atoms with Crippen LogP contribution in [0.2, 0.25) is 0 Å². The Labute approximate surface area is 254 Å². The minimum absolute atomic E-state index is 0.723. The topological polar surface area (TPSA) is 25.8 Å². The third kappa shape index (κ3) is 4.80. The lowest BCUT2D eigenvalue weighted by atomic mass is 9.96. The Morgan fingerprint density at radius 2 is 0.907 bits per heavy atom. The molecule has 0 aliphatic heterocycles. The number of rotatable bonds is 5. The SMILES string of the molecule is c1ccc(-c2cc(-c3cccc(-c4cccc(-c5cccc6c5sc5ccccc56)c4)c3)nc(-c3ccccc3)n2)cc1. The van der Waals surface area contributed by atoms with Gasteiger partial charge in [0.2, 0.25) is 0 Å². The van der Waals surface area contributed by atoms with E-state index in [4.69, 9.17) is 9.97 Å². The molecule has 6 aromatic carbocycles.